The molecule has 0 bridgehead atoms. The lowest BCUT2D eigenvalue weighted by molar-refractivity contribution is -0.144. The summed E-state index contributed by atoms with van der Waals surface area (Å²) in [6.45, 7) is 0.572. The number of carbonyl (C=O) groups is 1. The second-order valence-electron chi connectivity index (χ2n) is 3.86. The first-order valence-electron chi connectivity index (χ1n) is 5.28. The Morgan fingerprint density at radius 1 is 1.59 bits per heavy atom. The number of hydrogen-bond acceptors (Lipinski definition) is 4. The molecule has 88 valence electrons. The van der Waals surface area contributed by atoms with Crippen LogP contribution in [0.15, 0.2) is 24.3 Å². The Bertz CT molecular complexity index is 459. The van der Waals surface area contributed by atoms with Gasteiger partial charge in [0, 0.05) is 6.54 Å². The summed E-state index contributed by atoms with van der Waals surface area (Å²) in [6.07, 6.45) is -0.195. The van der Waals surface area contributed by atoms with Crippen molar-refractivity contribution in [2.45, 2.75) is 12.1 Å². The van der Waals surface area contributed by atoms with Crippen molar-refractivity contribution in [1.29, 1.82) is 5.26 Å². The molecule has 1 aliphatic rings. The molecule has 1 aliphatic heterocycles. The average Bonchev–Trinajstić information content (AvgIpc) is 2.39. The van der Waals surface area contributed by atoms with Crippen LogP contribution < -0.4 is 5.32 Å². The van der Waals surface area contributed by atoms with Crippen LogP contribution in [0.5, 0.6) is 0 Å². The Morgan fingerprint density at radius 2 is 2.41 bits per heavy atom. The number of ether oxygens (including phenoxy) is 1. The van der Waals surface area contributed by atoms with Crippen LogP contribution >= 0.6 is 0 Å². The molecule has 0 spiro atoms. The zero-order valence-corrected chi connectivity index (χ0v) is 9.09. The molecule has 5 heteroatoms. The van der Waals surface area contributed by atoms with Gasteiger partial charge in [-0.1, -0.05) is 12.1 Å². The number of carboxylic acid groups (broad SMARTS) is 1. The molecular weight excluding hydrogens is 220 g/mol. The van der Waals surface area contributed by atoms with E-state index in [-0.39, 0.29) is 12.7 Å². The maximum absolute atomic E-state index is 10.7. The van der Waals surface area contributed by atoms with Crippen molar-refractivity contribution < 1.29 is 14.6 Å². The van der Waals surface area contributed by atoms with E-state index < -0.39 is 12.0 Å². The Hall–Kier alpha value is -1.90. The van der Waals surface area contributed by atoms with Gasteiger partial charge < -0.3 is 9.84 Å². The van der Waals surface area contributed by atoms with E-state index in [2.05, 4.69) is 11.4 Å². The first kappa shape index (κ1) is 11.6. The monoisotopic (exact) mass is 232 g/mol. The standard InChI is InChI=1S/C12H12N2O3/c13-5-8-2-1-3-9(4-8)11-6-14-10(7-17-11)12(15)16/h1-4,10-11,14H,6-7H2,(H,15,16). The minimum absolute atomic E-state index is 0.136. The predicted molar refractivity (Wildman–Crippen MR) is 59.3 cm³/mol. The minimum atomic E-state index is -0.908. The number of hydrogen-bond donors (Lipinski definition) is 2. The van der Waals surface area contributed by atoms with E-state index in [4.69, 9.17) is 15.1 Å². The van der Waals surface area contributed by atoms with Gasteiger partial charge in [0.15, 0.2) is 0 Å². The maximum Gasteiger partial charge on any atom is 0.323 e. The molecule has 17 heavy (non-hydrogen) atoms. The van der Waals surface area contributed by atoms with Crippen LogP contribution in [0, 0.1) is 11.3 Å². The van der Waals surface area contributed by atoms with Gasteiger partial charge in [-0.15, -0.1) is 0 Å². The van der Waals surface area contributed by atoms with Crippen molar-refractivity contribution in [3.63, 3.8) is 0 Å². The second kappa shape index (κ2) is 4.95. The molecule has 0 amide bonds. The molecule has 2 N–H and O–H groups in total. The fraction of sp³-hybridized carbons (Fsp3) is 0.333. The number of aliphatic carboxylic acids is 1. The number of carboxylic acids is 1. The summed E-state index contributed by atoms with van der Waals surface area (Å²) in [5.74, 6) is -0.908. The van der Waals surface area contributed by atoms with Crippen molar-refractivity contribution in [2.75, 3.05) is 13.2 Å². The van der Waals surface area contributed by atoms with E-state index in [1.807, 2.05) is 6.07 Å². The minimum Gasteiger partial charge on any atom is -0.480 e. The molecule has 2 rings (SSSR count). The summed E-state index contributed by atoms with van der Waals surface area (Å²) in [5.41, 5.74) is 1.46. The zero-order valence-electron chi connectivity index (χ0n) is 9.09. The lowest BCUT2D eigenvalue weighted by atomic mass is 10.0. The lowest BCUT2D eigenvalue weighted by Crippen LogP contribution is -2.47. The quantitative estimate of drug-likeness (QED) is 0.783. The number of morpholine rings is 1. The van der Waals surface area contributed by atoms with Crippen molar-refractivity contribution in [3.05, 3.63) is 35.4 Å². The first-order valence-corrected chi connectivity index (χ1v) is 5.28. The molecule has 0 saturated carbocycles. The predicted octanol–water partition coefficient (Wildman–Crippen LogP) is 0.672. The first-order chi connectivity index (χ1) is 8.20. The maximum atomic E-state index is 10.7. The highest BCUT2D eigenvalue weighted by Gasteiger charge is 2.26. The smallest absolute Gasteiger partial charge is 0.323 e. The number of rotatable bonds is 2. The number of nitriles is 1. The largest absolute Gasteiger partial charge is 0.480 e. The average molecular weight is 232 g/mol. The lowest BCUT2D eigenvalue weighted by Gasteiger charge is -2.28. The van der Waals surface area contributed by atoms with Gasteiger partial charge in [-0.2, -0.15) is 5.26 Å². The Balaban J connectivity index is 2.05. The normalized spacial score (nSPS) is 23.9. The summed E-state index contributed by atoms with van der Waals surface area (Å²) >= 11 is 0. The van der Waals surface area contributed by atoms with Gasteiger partial charge in [-0.25, -0.2) is 0 Å². The van der Waals surface area contributed by atoms with Gasteiger partial charge in [0.2, 0.25) is 0 Å². The molecule has 1 fully saturated rings. The molecule has 1 heterocycles. The van der Waals surface area contributed by atoms with Crippen LogP contribution in [-0.4, -0.2) is 30.3 Å². The summed E-state index contributed by atoms with van der Waals surface area (Å²) in [7, 11) is 0. The topological polar surface area (TPSA) is 82.4 Å². The fourth-order valence-corrected chi connectivity index (χ4v) is 1.76. The molecule has 0 aromatic heterocycles. The summed E-state index contributed by atoms with van der Waals surface area (Å²) in [4.78, 5) is 10.7. The fourth-order valence-electron chi connectivity index (χ4n) is 1.76. The second-order valence-corrected chi connectivity index (χ2v) is 3.86. The summed E-state index contributed by atoms with van der Waals surface area (Å²) in [6, 6.07) is 8.56. The molecule has 0 aliphatic carbocycles. The van der Waals surface area contributed by atoms with Crippen molar-refractivity contribution in [2.24, 2.45) is 0 Å². The summed E-state index contributed by atoms with van der Waals surface area (Å²) < 4.78 is 5.48. The van der Waals surface area contributed by atoms with Gasteiger partial charge in [0.25, 0.3) is 0 Å². The molecule has 1 aromatic rings. The molecule has 2 unspecified atom stereocenters. The summed E-state index contributed by atoms with van der Waals surface area (Å²) in [5, 5.41) is 20.5. The van der Waals surface area contributed by atoms with Crippen molar-refractivity contribution in [3.8, 4) is 6.07 Å². The van der Waals surface area contributed by atoms with E-state index in [0.717, 1.165) is 5.56 Å². The number of benzene rings is 1. The highest BCUT2D eigenvalue weighted by atomic mass is 16.5. The van der Waals surface area contributed by atoms with Gasteiger partial charge in [-0.3, -0.25) is 10.1 Å². The van der Waals surface area contributed by atoms with E-state index in [1.165, 1.54) is 0 Å². The number of nitrogens with zero attached hydrogens (tertiary/aromatic N) is 1. The Morgan fingerprint density at radius 3 is 3.00 bits per heavy atom. The Labute approximate surface area is 98.6 Å². The van der Waals surface area contributed by atoms with E-state index in [1.54, 1.807) is 18.2 Å². The molecule has 0 radical (unpaired) electrons. The molecular formula is C12H12N2O3. The van der Waals surface area contributed by atoms with E-state index >= 15 is 0 Å². The number of nitrogens with one attached hydrogen (secondary N) is 1. The molecule has 2 atom stereocenters. The van der Waals surface area contributed by atoms with Crippen LogP contribution in [0.4, 0.5) is 0 Å². The third-order valence-electron chi connectivity index (χ3n) is 2.70. The van der Waals surface area contributed by atoms with Gasteiger partial charge in [-0.05, 0) is 17.7 Å². The molecule has 1 saturated heterocycles. The van der Waals surface area contributed by atoms with Gasteiger partial charge >= 0.3 is 5.97 Å². The van der Waals surface area contributed by atoms with Gasteiger partial charge in [0.1, 0.15) is 6.04 Å². The van der Waals surface area contributed by atoms with Crippen molar-refractivity contribution >= 4 is 5.97 Å². The molecule has 5 nitrogen and oxygen atoms in total. The van der Waals surface area contributed by atoms with E-state index in [9.17, 15) is 4.79 Å². The molecule has 1 aromatic carbocycles. The van der Waals surface area contributed by atoms with Crippen LogP contribution in [0.1, 0.15) is 17.2 Å². The van der Waals surface area contributed by atoms with E-state index in [0.29, 0.717) is 12.1 Å². The Kier molecular flexibility index (Phi) is 3.38. The van der Waals surface area contributed by atoms with Crippen LogP contribution in [0.25, 0.3) is 0 Å². The SMILES string of the molecule is N#Cc1cccc(C2CNC(C(=O)O)CO2)c1. The van der Waals surface area contributed by atoms with Crippen LogP contribution in [-0.2, 0) is 9.53 Å². The van der Waals surface area contributed by atoms with Crippen LogP contribution in [0.3, 0.4) is 0 Å². The zero-order chi connectivity index (χ0) is 12.3. The van der Waals surface area contributed by atoms with Crippen LogP contribution in [0.2, 0.25) is 0 Å². The van der Waals surface area contributed by atoms with Crippen molar-refractivity contribution in [1.82, 2.24) is 5.32 Å². The highest BCUT2D eigenvalue weighted by Crippen LogP contribution is 2.20. The third kappa shape index (κ3) is 2.61. The third-order valence-corrected chi connectivity index (χ3v) is 2.70. The highest BCUT2D eigenvalue weighted by molar-refractivity contribution is 5.73. The van der Waals surface area contributed by atoms with Gasteiger partial charge in [0.05, 0.1) is 24.3 Å².